The van der Waals surface area contributed by atoms with Gasteiger partial charge in [0.05, 0.1) is 11.5 Å². The first-order valence-electron chi connectivity index (χ1n) is 6.83. The van der Waals surface area contributed by atoms with Gasteiger partial charge in [-0.15, -0.1) is 0 Å². The molecule has 122 valence electrons. The van der Waals surface area contributed by atoms with Gasteiger partial charge in [-0.05, 0) is 49.9 Å². The van der Waals surface area contributed by atoms with Crippen molar-refractivity contribution in [2.75, 3.05) is 0 Å². The number of hydrogen-bond acceptors (Lipinski definition) is 3. The first-order chi connectivity index (χ1) is 9.38. The molecule has 4 bridgehead atoms. The van der Waals surface area contributed by atoms with E-state index in [1.165, 1.54) is 0 Å². The summed E-state index contributed by atoms with van der Waals surface area (Å²) < 4.78 is 85.5. The van der Waals surface area contributed by atoms with Crippen molar-refractivity contribution in [2.45, 2.75) is 48.9 Å². The highest BCUT2D eigenvalue weighted by Gasteiger charge is 2.76. The molecule has 2 N–H and O–H groups in total. The van der Waals surface area contributed by atoms with Crippen molar-refractivity contribution in [1.82, 2.24) is 0 Å². The minimum Gasteiger partial charge on any atom is -0.389 e. The lowest BCUT2D eigenvalue weighted by molar-refractivity contribution is -0.288. The van der Waals surface area contributed by atoms with E-state index in [1.54, 1.807) is 0 Å². The number of aliphatic hydroxyl groups is 1. The van der Waals surface area contributed by atoms with Crippen LogP contribution in [0.4, 0.5) is 17.6 Å². The van der Waals surface area contributed by atoms with Gasteiger partial charge >= 0.3 is 21.3 Å². The standard InChI is InChI=1S/C12H16F4O4S/c13-11(14,12(15,16)21(18,19)20)9-8-2-6-1-7(3-8)5-10(9,17)4-6/h6-9,17H,1-5H2,(H,18,19,20). The van der Waals surface area contributed by atoms with Gasteiger partial charge in [0.25, 0.3) is 0 Å². The molecule has 0 aromatic carbocycles. The number of rotatable bonds is 3. The average molecular weight is 332 g/mol. The van der Waals surface area contributed by atoms with E-state index >= 15 is 0 Å². The van der Waals surface area contributed by atoms with Crippen LogP contribution < -0.4 is 0 Å². The van der Waals surface area contributed by atoms with Crippen molar-refractivity contribution in [3.63, 3.8) is 0 Å². The van der Waals surface area contributed by atoms with Crippen LogP contribution in [0.1, 0.15) is 32.1 Å². The van der Waals surface area contributed by atoms with Crippen LogP contribution in [-0.4, -0.2) is 34.9 Å². The molecule has 0 heterocycles. The lowest BCUT2D eigenvalue weighted by Gasteiger charge is -2.60. The van der Waals surface area contributed by atoms with E-state index in [1.807, 2.05) is 0 Å². The second-order valence-electron chi connectivity index (χ2n) is 6.80. The molecule has 4 saturated carbocycles. The van der Waals surface area contributed by atoms with Crippen molar-refractivity contribution < 1.29 is 35.6 Å². The van der Waals surface area contributed by atoms with Gasteiger partial charge in [-0.2, -0.15) is 26.0 Å². The monoisotopic (exact) mass is 332 g/mol. The summed E-state index contributed by atoms with van der Waals surface area (Å²) in [4.78, 5) is 0. The Morgan fingerprint density at radius 3 is 1.86 bits per heavy atom. The maximum atomic E-state index is 14.2. The van der Waals surface area contributed by atoms with Crippen LogP contribution >= 0.6 is 0 Å². The molecule has 21 heavy (non-hydrogen) atoms. The Balaban J connectivity index is 2.03. The van der Waals surface area contributed by atoms with Crippen molar-refractivity contribution in [2.24, 2.45) is 23.7 Å². The quantitative estimate of drug-likeness (QED) is 0.614. The number of alkyl halides is 4. The smallest absolute Gasteiger partial charge is 0.389 e. The van der Waals surface area contributed by atoms with Crippen LogP contribution in [-0.2, 0) is 10.1 Å². The molecule has 0 aliphatic heterocycles. The fourth-order valence-corrected chi connectivity index (χ4v) is 5.46. The molecule has 0 amide bonds. The third kappa shape index (κ3) is 1.96. The Hall–Kier alpha value is -0.410. The van der Waals surface area contributed by atoms with Crippen LogP contribution in [0.15, 0.2) is 0 Å². The minimum absolute atomic E-state index is 0.0121. The topological polar surface area (TPSA) is 74.6 Å². The third-order valence-corrected chi connectivity index (χ3v) is 6.30. The SMILES string of the molecule is O=S(=O)(O)C(F)(F)C(F)(F)C1C2CC3CC(C2)CC1(O)C3. The average Bonchev–Trinajstić information content (AvgIpc) is 2.23. The molecule has 3 atom stereocenters. The second-order valence-corrected chi connectivity index (χ2v) is 8.27. The Kier molecular flexibility index (Phi) is 3.03. The van der Waals surface area contributed by atoms with E-state index in [2.05, 4.69) is 0 Å². The third-order valence-electron chi connectivity index (χ3n) is 5.38. The van der Waals surface area contributed by atoms with E-state index in [0.717, 1.165) is 6.42 Å². The predicted octanol–water partition coefficient (Wildman–Crippen LogP) is 2.29. The molecule has 0 radical (unpaired) electrons. The minimum atomic E-state index is -6.26. The number of hydrogen-bond donors (Lipinski definition) is 2. The Morgan fingerprint density at radius 2 is 1.48 bits per heavy atom. The summed E-state index contributed by atoms with van der Waals surface area (Å²) in [5.41, 5.74) is -1.98. The second kappa shape index (κ2) is 4.11. The fourth-order valence-electron chi connectivity index (χ4n) is 4.98. The predicted molar refractivity (Wildman–Crippen MR) is 63.4 cm³/mol. The van der Waals surface area contributed by atoms with Crippen molar-refractivity contribution in [3.05, 3.63) is 0 Å². The van der Waals surface area contributed by atoms with E-state index in [4.69, 9.17) is 4.55 Å². The highest BCUT2D eigenvalue weighted by atomic mass is 32.2. The number of halogens is 4. The molecule has 4 rings (SSSR count). The van der Waals surface area contributed by atoms with E-state index in [9.17, 15) is 31.1 Å². The summed E-state index contributed by atoms with van der Waals surface area (Å²) in [5.74, 6) is -7.94. The molecule has 4 fully saturated rings. The summed E-state index contributed by atoms with van der Waals surface area (Å²) in [7, 11) is -6.26. The van der Waals surface area contributed by atoms with Crippen LogP contribution in [0.5, 0.6) is 0 Å². The first kappa shape index (κ1) is 15.5. The zero-order valence-electron chi connectivity index (χ0n) is 11.0. The fraction of sp³-hybridized carbons (Fsp3) is 1.00. The molecule has 9 heteroatoms. The van der Waals surface area contributed by atoms with E-state index < -0.39 is 38.7 Å². The maximum absolute atomic E-state index is 14.2. The van der Waals surface area contributed by atoms with Crippen LogP contribution in [0.3, 0.4) is 0 Å². The van der Waals surface area contributed by atoms with Crippen molar-refractivity contribution in [3.8, 4) is 0 Å². The lowest BCUT2D eigenvalue weighted by Crippen LogP contribution is -2.67. The summed E-state index contributed by atoms with van der Waals surface area (Å²) in [6, 6.07) is 0. The normalized spacial score (nSPS) is 43.3. The van der Waals surface area contributed by atoms with E-state index in [-0.39, 0.29) is 24.7 Å². The van der Waals surface area contributed by atoms with Gasteiger partial charge in [-0.1, -0.05) is 0 Å². The lowest BCUT2D eigenvalue weighted by atomic mass is 9.48. The molecule has 4 nitrogen and oxygen atoms in total. The van der Waals surface area contributed by atoms with Gasteiger partial charge in [-0.25, -0.2) is 0 Å². The summed E-state index contributed by atoms with van der Waals surface area (Å²) in [6.07, 6.45) is 1.36. The first-order valence-corrected chi connectivity index (χ1v) is 8.27. The maximum Gasteiger partial charge on any atom is 0.431 e. The highest BCUT2D eigenvalue weighted by molar-refractivity contribution is 7.87. The molecule has 0 aromatic heterocycles. The van der Waals surface area contributed by atoms with Crippen LogP contribution in [0.2, 0.25) is 0 Å². The molecule has 3 unspecified atom stereocenters. The summed E-state index contributed by atoms with van der Waals surface area (Å²) >= 11 is 0. The summed E-state index contributed by atoms with van der Waals surface area (Å²) in [6.45, 7) is 0. The molecule has 4 aliphatic carbocycles. The van der Waals surface area contributed by atoms with Gasteiger partial charge in [-0.3, -0.25) is 4.55 Å². The summed E-state index contributed by atoms with van der Waals surface area (Å²) in [5, 5.41) is 4.84. The molecule has 0 spiro atoms. The molecular formula is C12H16F4O4S. The van der Waals surface area contributed by atoms with Gasteiger partial charge in [0.1, 0.15) is 0 Å². The molecule has 4 aliphatic rings. The Morgan fingerprint density at radius 1 is 1.00 bits per heavy atom. The van der Waals surface area contributed by atoms with Crippen LogP contribution in [0.25, 0.3) is 0 Å². The van der Waals surface area contributed by atoms with Crippen molar-refractivity contribution >= 4 is 10.1 Å². The zero-order chi connectivity index (χ0) is 15.8. The van der Waals surface area contributed by atoms with Gasteiger partial charge in [0.15, 0.2) is 0 Å². The van der Waals surface area contributed by atoms with Gasteiger partial charge in [0.2, 0.25) is 0 Å². The zero-order valence-corrected chi connectivity index (χ0v) is 11.8. The molecular weight excluding hydrogens is 316 g/mol. The Labute approximate surface area is 119 Å². The highest BCUT2D eigenvalue weighted by Crippen LogP contribution is 2.64. The Bertz CT molecular complexity index is 548. The van der Waals surface area contributed by atoms with Crippen molar-refractivity contribution in [1.29, 1.82) is 0 Å². The van der Waals surface area contributed by atoms with Gasteiger partial charge < -0.3 is 5.11 Å². The largest absolute Gasteiger partial charge is 0.431 e. The van der Waals surface area contributed by atoms with Gasteiger partial charge in [0, 0.05) is 0 Å². The molecule has 0 aromatic rings. The van der Waals surface area contributed by atoms with E-state index in [0.29, 0.717) is 12.8 Å². The van der Waals surface area contributed by atoms with Crippen LogP contribution in [0, 0.1) is 23.7 Å². The molecule has 0 saturated heterocycles.